The quantitative estimate of drug-likeness (QED) is 0.752. The molecule has 0 aliphatic rings. The molecule has 0 bridgehead atoms. The van der Waals surface area contributed by atoms with E-state index in [4.69, 9.17) is 5.11 Å². The lowest BCUT2D eigenvalue weighted by atomic mass is 10.2. The van der Waals surface area contributed by atoms with Crippen molar-refractivity contribution >= 4 is 36.2 Å². The lowest BCUT2D eigenvalue weighted by Gasteiger charge is -2.13. The van der Waals surface area contributed by atoms with E-state index >= 15 is 0 Å². The molecule has 0 rings (SSSR count). The summed E-state index contributed by atoms with van der Waals surface area (Å²) in [7, 11) is 0. The fourth-order valence-corrected chi connectivity index (χ4v) is 1.28. The van der Waals surface area contributed by atoms with Crippen molar-refractivity contribution in [3.63, 3.8) is 0 Å². The van der Waals surface area contributed by atoms with Gasteiger partial charge in [0.15, 0.2) is 0 Å². The maximum atomic E-state index is 10.9. The molecule has 1 amide bonds. The van der Waals surface area contributed by atoms with E-state index in [-0.39, 0.29) is 19.0 Å². The molecule has 0 unspecified atom stereocenters. The molecule has 0 saturated carbocycles. The van der Waals surface area contributed by atoms with Crippen LogP contribution in [0.2, 0.25) is 0 Å². The first-order valence-electron chi connectivity index (χ1n) is 4.26. The Hall–Kier alpha value is -0.620. The van der Waals surface area contributed by atoms with Gasteiger partial charge in [-0.05, 0) is 25.4 Å². The van der Waals surface area contributed by atoms with Gasteiger partial charge in [-0.2, -0.15) is 11.8 Å². The molecule has 0 aliphatic carbocycles. The summed E-state index contributed by atoms with van der Waals surface area (Å²) >= 11 is 1.53. The van der Waals surface area contributed by atoms with E-state index in [1.807, 2.05) is 6.26 Å². The van der Waals surface area contributed by atoms with Crippen LogP contribution in [0.15, 0.2) is 0 Å². The maximum absolute atomic E-state index is 10.9. The van der Waals surface area contributed by atoms with E-state index in [2.05, 4.69) is 10.1 Å². The summed E-state index contributed by atoms with van der Waals surface area (Å²) in [4.78, 5) is 21.6. The molecule has 7 heteroatoms. The Balaban J connectivity index is 0. The second-order valence-electron chi connectivity index (χ2n) is 2.54. The van der Waals surface area contributed by atoms with Crippen molar-refractivity contribution in [2.24, 2.45) is 0 Å². The molecule has 0 aromatic carbocycles. The highest BCUT2D eigenvalue weighted by molar-refractivity contribution is 7.98. The minimum atomic E-state index is -1.04. The van der Waals surface area contributed by atoms with E-state index in [1.165, 1.54) is 11.8 Å². The normalized spacial score (nSPS) is 11.1. The summed E-state index contributed by atoms with van der Waals surface area (Å²) in [5, 5.41) is 11.0. The predicted octanol–water partition coefficient (Wildman–Crippen LogP) is 1.36. The number of rotatable bonds is 6. The SMILES string of the molecule is CCOC(=O)N[C@@H](CCSC)C(=O)O.Cl. The van der Waals surface area contributed by atoms with Gasteiger partial charge in [0.2, 0.25) is 0 Å². The fraction of sp³-hybridized carbons (Fsp3) is 0.750. The van der Waals surface area contributed by atoms with E-state index in [0.29, 0.717) is 12.2 Å². The Morgan fingerprint density at radius 1 is 1.53 bits per heavy atom. The molecule has 2 N–H and O–H groups in total. The smallest absolute Gasteiger partial charge is 0.407 e. The van der Waals surface area contributed by atoms with Crippen molar-refractivity contribution in [1.29, 1.82) is 0 Å². The molecule has 0 saturated heterocycles. The van der Waals surface area contributed by atoms with Crippen molar-refractivity contribution in [3.8, 4) is 0 Å². The number of aliphatic carboxylic acids is 1. The summed E-state index contributed by atoms with van der Waals surface area (Å²) in [6.45, 7) is 1.90. The zero-order valence-corrected chi connectivity index (χ0v) is 10.3. The van der Waals surface area contributed by atoms with Crippen LogP contribution in [0.5, 0.6) is 0 Å². The maximum Gasteiger partial charge on any atom is 0.407 e. The number of hydrogen-bond acceptors (Lipinski definition) is 4. The molecule has 15 heavy (non-hydrogen) atoms. The fourth-order valence-electron chi connectivity index (χ4n) is 0.808. The number of carboxylic acids is 1. The lowest BCUT2D eigenvalue weighted by molar-refractivity contribution is -0.139. The first-order valence-corrected chi connectivity index (χ1v) is 5.66. The molecule has 0 fully saturated rings. The highest BCUT2D eigenvalue weighted by atomic mass is 35.5. The van der Waals surface area contributed by atoms with Gasteiger partial charge in [0, 0.05) is 0 Å². The third kappa shape index (κ3) is 8.38. The van der Waals surface area contributed by atoms with Gasteiger partial charge in [0.05, 0.1) is 6.61 Å². The molecular weight excluding hydrogens is 242 g/mol. The molecule has 0 aromatic rings. The Morgan fingerprint density at radius 3 is 2.53 bits per heavy atom. The number of carbonyl (C=O) groups excluding carboxylic acids is 1. The van der Waals surface area contributed by atoms with E-state index in [9.17, 15) is 9.59 Å². The van der Waals surface area contributed by atoms with Crippen LogP contribution in [-0.4, -0.2) is 41.8 Å². The molecule has 90 valence electrons. The molecule has 5 nitrogen and oxygen atoms in total. The van der Waals surface area contributed by atoms with Crippen LogP contribution in [0.1, 0.15) is 13.3 Å². The number of halogens is 1. The van der Waals surface area contributed by atoms with Crippen molar-refractivity contribution in [1.82, 2.24) is 5.32 Å². The van der Waals surface area contributed by atoms with Crippen molar-refractivity contribution < 1.29 is 19.4 Å². The molecular formula is C8H16ClNO4S. The Labute approximate surface area is 99.4 Å². The van der Waals surface area contributed by atoms with Crippen molar-refractivity contribution in [2.45, 2.75) is 19.4 Å². The van der Waals surface area contributed by atoms with Crippen LogP contribution in [0.3, 0.4) is 0 Å². The standard InChI is InChI=1S/C8H15NO4S.ClH/c1-3-13-8(12)9-6(7(10)11)4-5-14-2;/h6H,3-5H2,1-2H3,(H,9,12)(H,10,11);1H/t6-;/m0./s1. The number of hydrogen-bond donors (Lipinski definition) is 2. The van der Waals surface area contributed by atoms with Gasteiger partial charge >= 0.3 is 12.1 Å². The third-order valence-corrected chi connectivity index (χ3v) is 2.12. The van der Waals surface area contributed by atoms with Gasteiger partial charge in [-0.3, -0.25) is 0 Å². The summed E-state index contributed by atoms with van der Waals surface area (Å²) in [6.07, 6.45) is 1.60. The Bertz CT molecular complexity index is 203. The van der Waals surface area contributed by atoms with Gasteiger partial charge in [-0.15, -0.1) is 12.4 Å². The van der Waals surface area contributed by atoms with Crippen LogP contribution < -0.4 is 5.32 Å². The number of alkyl carbamates (subject to hydrolysis) is 1. The highest BCUT2D eigenvalue weighted by Crippen LogP contribution is 2.01. The average Bonchev–Trinajstić information content (AvgIpc) is 2.12. The van der Waals surface area contributed by atoms with Crippen LogP contribution in [0.4, 0.5) is 4.79 Å². The molecule has 1 atom stereocenters. The van der Waals surface area contributed by atoms with Crippen molar-refractivity contribution in [3.05, 3.63) is 0 Å². The molecule has 0 radical (unpaired) electrons. The highest BCUT2D eigenvalue weighted by Gasteiger charge is 2.19. The van der Waals surface area contributed by atoms with E-state index < -0.39 is 18.1 Å². The molecule has 0 heterocycles. The van der Waals surface area contributed by atoms with Gasteiger partial charge in [0.25, 0.3) is 0 Å². The Morgan fingerprint density at radius 2 is 2.13 bits per heavy atom. The second-order valence-corrected chi connectivity index (χ2v) is 3.52. The summed E-state index contributed by atoms with van der Waals surface area (Å²) < 4.78 is 4.58. The number of amides is 1. The van der Waals surface area contributed by atoms with Crippen LogP contribution in [0.25, 0.3) is 0 Å². The molecule has 0 aromatic heterocycles. The molecule has 0 aliphatic heterocycles. The summed E-state index contributed by atoms with van der Waals surface area (Å²) in [6, 6.07) is -0.860. The number of ether oxygens (including phenoxy) is 1. The molecule has 0 spiro atoms. The zero-order chi connectivity index (χ0) is 11.0. The zero-order valence-electron chi connectivity index (χ0n) is 8.69. The van der Waals surface area contributed by atoms with Gasteiger partial charge in [-0.1, -0.05) is 0 Å². The van der Waals surface area contributed by atoms with E-state index in [0.717, 1.165) is 0 Å². The minimum absolute atomic E-state index is 0. The first kappa shape index (κ1) is 16.8. The van der Waals surface area contributed by atoms with Crippen molar-refractivity contribution in [2.75, 3.05) is 18.6 Å². The summed E-state index contributed by atoms with van der Waals surface area (Å²) in [5.74, 6) is -0.351. The van der Waals surface area contributed by atoms with Crippen LogP contribution >= 0.6 is 24.2 Å². The number of carbonyl (C=O) groups is 2. The van der Waals surface area contributed by atoms with Gasteiger partial charge in [-0.25, -0.2) is 9.59 Å². The van der Waals surface area contributed by atoms with Gasteiger partial charge < -0.3 is 15.2 Å². The predicted molar refractivity (Wildman–Crippen MR) is 61.8 cm³/mol. The topological polar surface area (TPSA) is 75.6 Å². The van der Waals surface area contributed by atoms with Gasteiger partial charge in [0.1, 0.15) is 6.04 Å². The Kier molecular flexibility index (Phi) is 11.1. The van der Waals surface area contributed by atoms with E-state index in [1.54, 1.807) is 6.92 Å². The third-order valence-electron chi connectivity index (χ3n) is 1.48. The largest absolute Gasteiger partial charge is 0.480 e. The lowest BCUT2D eigenvalue weighted by Crippen LogP contribution is -2.41. The monoisotopic (exact) mass is 257 g/mol. The second kappa shape index (κ2) is 9.92. The number of nitrogens with one attached hydrogen (secondary N) is 1. The van der Waals surface area contributed by atoms with Crippen LogP contribution in [0, 0.1) is 0 Å². The summed E-state index contributed by atoms with van der Waals surface area (Å²) in [5.41, 5.74) is 0. The number of carboxylic acid groups (broad SMARTS) is 1. The average molecular weight is 258 g/mol. The minimum Gasteiger partial charge on any atom is -0.480 e. The number of thioether (sulfide) groups is 1. The first-order chi connectivity index (χ1) is 6.61. The van der Waals surface area contributed by atoms with Crippen LogP contribution in [-0.2, 0) is 9.53 Å².